The molecule has 0 amide bonds. The molecule has 0 aliphatic heterocycles. The third-order valence-electron chi connectivity index (χ3n) is 2.54. The lowest BCUT2D eigenvalue weighted by Crippen LogP contribution is -2.28. The Labute approximate surface area is 97.6 Å². The Morgan fingerprint density at radius 1 is 1.38 bits per heavy atom. The van der Waals surface area contributed by atoms with Gasteiger partial charge in [0.1, 0.15) is 0 Å². The van der Waals surface area contributed by atoms with Gasteiger partial charge in [-0.3, -0.25) is 0 Å². The fraction of sp³-hybridized carbons (Fsp3) is 0.909. The highest BCUT2D eigenvalue weighted by molar-refractivity contribution is 4.86. The second-order valence-electron chi connectivity index (χ2n) is 5.39. The van der Waals surface area contributed by atoms with E-state index in [4.69, 9.17) is 0 Å². The molecule has 92 valence electrons. The van der Waals surface area contributed by atoms with Crippen LogP contribution < -0.4 is 5.32 Å². The maximum Gasteiger partial charge on any atom is 0.175 e. The molecule has 1 N–H and O–H groups in total. The van der Waals surface area contributed by atoms with Crippen LogP contribution in [0.4, 0.5) is 0 Å². The zero-order chi connectivity index (χ0) is 12.2. The van der Waals surface area contributed by atoms with Crippen LogP contribution in [0.1, 0.15) is 39.9 Å². The molecule has 16 heavy (non-hydrogen) atoms. The quantitative estimate of drug-likeness (QED) is 0.789. The number of aromatic nitrogens is 4. The Morgan fingerprint density at radius 2 is 2.06 bits per heavy atom. The zero-order valence-electron chi connectivity index (χ0n) is 11.0. The predicted octanol–water partition coefficient (Wildman–Crippen LogP) is 1.17. The van der Waals surface area contributed by atoms with Crippen LogP contribution in [0.5, 0.6) is 0 Å². The smallest absolute Gasteiger partial charge is 0.175 e. The Balaban J connectivity index is 2.39. The number of rotatable bonds is 6. The lowest BCUT2D eigenvalue weighted by molar-refractivity contribution is 0.314. The van der Waals surface area contributed by atoms with E-state index in [1.807, 2.05) is 0 Å². The van der Waals surface area contributed by atoms with Gasteiger partial charge in [0.05, 0.1) is 7.05 Å². The van der Waals surface area contributed by atoms with Gasteiger partial charge in [0.25, 0.3) is 0 Å². The van der Waals surface area contributed by atoms with Gasteiger partial charge in [0.15, 0.2) is 5.82 Å². The molecule has 0 radical (unpaired) electrons. The molecule has 5 heteroatoms. The number of hydrogen-bond donors (Lipinski definition) is 1. The van der Waals surface area contributed by atoms with Crippen molar-refractivity contribution in [2.45, 2.75) is 46.6 Å². The monoisotopic (exact) mass is 225 g/mol. The van der Waals surface area contributed by atoms with Gasteiger partial charge < -0.3 is 5.32 Å². The van der Waals surface area contributed by atoms with Crippen LogP contribution in [0.3, 0.4) is 0 Å². The first-order valence-corrected chi connectivity index (χ1v) is 5.85. The highest BCUT2D eigenvalue weighted by Crippen LogP contribution is 2.23. The van der Waals surface area contributed by atoms with E-state index in [1.165, 1.54) is 4.80 Å². The molecule has 0 aliphatic rings. The minimum Gasteiger partial charge on any atom is -0.315 e. The second-order valence-corrected chi connectivity index (χ2v) is 5.39. The van der Waals surface area contributed by atoms with Crippen LogP contribution in [0, 0.1) is 5.41 Å². The number of nitrogens with one attached hydrogen (secondary N) is 1. The molecule has 0 bridgehead atoms. The van der Waals surface area contributed by atoms with Gasteiger partial charge in [-0.1, -0.05) is 27.7 Å². The van der Waals surface area contributed by atoms with Crippen molar-refractivity contribution < 1.29 is 0 Å². The maximum absolute atomic E-state index is 4.21. The largest absolute Gasteiger partial charge is 0.315 e. The summed E-state index contributed by atoms with van der Waals surface area (Å²) in [6.07, 6.45) is 1.99. The third-order valence-corrected chi connectivity index (χ3v) is 2.54. The summed E-state index contributed by atoms with van der Waals surface area (Å²) in [5.41, 5.74) is 0.213. The van der Waals surface area contributed by atoms with Crippen molar-refractivity contribution in [3.05, 3.63) is 5.82 Å². The molecule has 0 saturated heterocycles. The normalized spacial score (nSPS) is 12.4. The van der Waals surface area contributed by atoms with E-state index >= 15 is 0 Å². The first-order chi connectivity index (χ1) is 7.39. The van der Waals surface area contributed by atoms with Crippen LogP contribution in [0.2, 0.25) is 0 Å². The van der Waals surface area contributed by atoms with Crippen molar-refractivity contribution in [3.8, 4) is 0 Å². The Morgan fingerprint density at radius 3 is 2.56 bits per heavy atom. The van der Waals surface area contributed by atoms with Crippen molar-refractivity contribution >= 4 is 0 Å². The Bertz CT molecular complexity index is 316. The summed E-state index contributed by atoms with van der Waals surface area (Å²) < 4.78 is 0. The van der Waals surface area contributed by atoms with Gasteiger partial charge in [-0.25, -0.2) is 0 Å². The first-order valence-electron chi connectivity index (χ1n) is 5.85. The van der Waals surface area contributed by atoms with Crippen LogP contribution in [0.25, 0.3) is 0 Å². The summed E-state index contributed by atoms with van der Waals surface area (Å²) in [5.74, 6) is 0.831. The van der Waals surface area contributed by atoms with Gasteiger partial charge >= 0.3 is 0 Å². The van der Waals surface area contributed by atoms with Crippen molar-refractivity contribution in [1.82, 2.24) is 25.5 Å². The highest BCUT2D eigenvalue weighted by atomic mass is 15.6. The van der Waals surface area contributed by atoms with Crippen molar-refractivity contribution in [2.75, 3.05) is 6.54 Å². The molecule has 1 aromatic rings. The summed E-state index contributed by atoms with van der Waals surface area (Å²) >= 11 is 0. The second kappa shape index (κ2) is 5.39. The van der Waals surface area contributed by atoms with E-state index in [0.29, 0.717) is 6.04 Å². The average Bonchev–Trinajstić information content (AvgIpc) is 2.48. The maximum atomic E-state index is 4.21. The lowest BCUT2D eigenvalue weighted by Gasteiger charge is -2.23. The van der Waals surface area contributed by atoms with E-state index < -0.39 is 0 Å². The molecule has 0 spiro atoms. The minimum atomic E-state index is 0.213. The summed E-state index contributed by atoms with van der Waals surface area (Å²) in [5, 5.41) is 15.5. The first kappa shape index (κ1) is 13.1. The van der Waals surface area contributed by atoms with E-state index in [2.05, 4.69) is 48.4 Å². The van der Waals surface area contributed by atoms with E-state index in [-0.39, 0.29) is 5.41 Å². The highest BCUT2D eigenvalue weighted by Gasteiger charge is 2.20. The summed E-state index contributed by atoms with van der Waals surface area (Å²) in [6.45, 7) is 9.84. The molecule has 5 nitrogen and oxygen atoms in total. The van der Waals surface area contributed by atoms with Gasteiger partial charge in [0, 0.05) is 12.5 Å². The summed E-state index contributed by atoms with van der Waals surface area (Å²) in [4.78, 5) is 1.51. The van der Waals surface area contributed by atoms with Crippen LogP contribution in [-0.2, 0) is 13.5 Å². The van der Waals surface area contributed by atoms with Crippen molar-refractivity contribution in [3.63, 3.8) is 0 Å². The standard InChI is InChI=1S/C11H23N5/c1-9(2)12-7-6-11(3,4)8-10-13-15-16(5)14-10/h9,12H,6-8H2,1-5H3. The molecule has 0 aromatic carbocycles. The number of hydrogen-bond acceptors (Lipinski definition) is 4. The molecule has 0 unspecified atom stereocenters. The number of nitrogens with zero attached hydrogens (tertiary/aromatic N) is 4. The zero-order valence-corrected chi connectivity index (χ0v) is 11.0. The van der Waals surface area contributed by atoms with Gasteiger partial charge in [-0.15, -0.1) is 10.2 Å². The Hall–Kier alpha value is -0.970. The van der Waals surface area contributed by atoms with Gasteiger partial charge in [-0.2, -0.15) is 4.80 Å². The fourth-order valence-corrected chi connectivity index (χ4v) is 1.61. The van der Waals surface area contributed by atoms with Crippen molar-refractivity contribution in [1.29, 1.82) is 0 Å². The fourth-order valence-electron chi connectivity index (χ4n) is 1.61. The van der Waals surface area contributed by atoms with E-state index in [0.717, 1.165) is 25.2 Å². The molecule has 0 atom stereocenters. The van der Waals surface area contributed by atoms with Crippen LogP contribution >= 0.6 is 0 Å². The van der Waals surface area contributed by atoms with Crippen LogP contribution in [-0.4, -0.2) is 32.8 Å². The molecule has 0 saturated carbocycles. The molecule has 1 aromatic heterocycles. The molecule has 1 heterocycles. The lowest BCUT2D eigenvalue weighted by atomic mass is 9.85. The minimum absolute atomic E-state index is 0.213. The number of aryl methyl sites for hydroxylation is 1. The summed E-state index contributed by atoms with van der Waals surface area (Å²) in [6, 6.07) is 0.547. The van der Waals surface area contributed by atoms with Crippen molar-refractivity contribution in [2.24, 2.45) is 12.5 Å². The van der Waals surface area contributed by atoms with Gasteiger partial charge in [-0.05, 0) is 23.6 Å². The number of tetrazole rings is 1. The molecular weight excluding hydrogens is 202 g/mol. The summed E-state index contributed by atoms with van der Waals surface area (Å²) in [7, 11) is 1.80. The topological polar surface area (TPSA) is 55.6 Å². The third kappa shape index (κ3) is 4.70. The van der Waals surface area contributed by atoms with E-state index in [9.17, 15) is 0 Å². The molecule has 1 rings (SSSR count). The average molecular weight is 225 g/mol. The molecule has 0 aliphatic carbocycles. The van der Waals surface area contributed by atoms with Crippen LogP contribution in [0.15, 0.2) is 0 Å². The molecular formula is C11H23N5. The predicted molar refractivity (Wildman–Crippen MR) is 64.0 cm³/mol. The van der Waals surface area contributed by atoms with E-state index in [1.54, 1.807) is 7.05 Å². The van der Waals surface area contributed by atoms with Gasteiger partial charge in [0.2, 0.25) is 0 Å². The Kier molecular flexibility index (Phi) is 4.41. The molecule has 0 fully saturated rings. The SMILES string of the molecule is CC(C)NCCC(C)(C)Cc1nnn(C)n1.